The Bertz CT molecular complexity index is 1200. The molecule has 0 radical (unpaired) electrons. The number of hydrogen-bond donors (Lipinski definition) is 0. The lowest BCUT2D eigenvalue weighted by Gasteiger charge is -2.33. The molecule has 0 aliphatic carbocycles. The van der Waals surface area contributed by atoms with E-state index >= 15 is 0 Å². The maximum Gasteiger partial charge on any atom is 0.318 e. The predicted octanol–water partition coefficient (Wildman–Crippen LogP) is 1.44. The van der Waals surface area contributed by atoms with Gasteiger partial charge in [-0.1, -0.05) is 11.6 Å². The Morgan fingerprint density at radius 3 is 2.60 bits per heavy atom. The zero-order valence-electron chi connectivity index (χ0n) is 17.2. The minimum atomic E-state index is -0.575. The van der Waals surface area contributed by atoms with E-state index in [0.717, 1.165) is 12.2 Å². The van der Waals surface area contributed by atoms with Crippen LogP contribution in [0.15, 0.2) is 34.1 Å². The van der Waals surface area contributed by atoms with Crippen LogP contribution in [0.1, 0.15) is 24.6 Å². The highest BCUT2D eigenvalue weighted by Crippen LogP contribution is 2.26. The third-order valence-corrected chi connectivity index (χ3v) is 5.61. The predicted molar refractivity (Wildman–Crippen MR) is 116 cm³/mol. The molecular formula is C20H24ClN7O2. The second-order valence-electron chi connectivity index (χ2n) is 7.84. The molecular weight excluding hydrogens is 406 g/mol. The van der Waals surface area contributed by atoms with Crippen molar-refractivity contribution in [3.63, 3.8) is 0 Å². The normalized spacial score (nSPS) is 15.3. The van der Waals surface area contributed by atoms with E-state index in [4.69, 9.17) is 11.6 Å². The lowest BCUT2D eigenvalue weighted by molar-refractivity contribution is 0.385. The Kier molecular flexibility index (Phi) is 5.57. The van der Waals surface area contributed by atoms with Crippen LogP contribution in [0.5, 0.6) is 0 Å². The average Bonchev–Trinajstić information content (AvgIpc) is 2.73. The topological polar surface area (TPSA) is 89.2 Å². The van der Waals surface area contributed by atoms with E-state index in [1.165, 1.54) is 15.3 Å². The highest BCUT2D eigenvalue weighted by atomic mass is 35.5. The van der Waals surface area contributed by atoms with Crippen LogP contribution in [-0.4, -0.2) is 56.2 Å². The van der Waals surface area contributed by atoms with Crippen molar-refractivity contribution in [2.75, 3.05) is 32.1 Å². The summed E-state index contributed by atoms with van der Waals surface area (Å²) in [5.74, 6) is 0.693. The largest absolute Gasteiger partial charge is 0.341 e. The first-order valence-electron chi connectivity index (χ1n) is 9.83. The molecule has 1 fully saturated rings. The molecule has 0 N–H and O–H groups in total. The molecule has 0 aromatic carbocycles. The molecule has 0 amide bonds. The highest BCUT2D eigenvalue weighted by molar-refractivity contribution is 6.31. The maximum atomic E-state index is 12.8. The van der Waals surface area contributed by atoms with Crippen molar-refractivity contribution in [1.82, 2.24) is 29.0 Å². The molecule has 1 saturated heterocycles. The number of piperidine rings is 1. The summed E-state index contributed by atoms with van der Waals surface area (Å²) in [6, 6.07) is 3.46. The van der Waals surface area contributed by atoms with Gasteiger partial charge in [-0.05, 0) is 39.1 Å². The van der Waals surface area contributed by atoms with E-state index in [1.54, 1.807) is 19.3 Å². The van der Waals surface area contributed by atoms with Crippen LogP contribution >= 0.6 is 11.6 Å². The van der Waals surface area contributed by atoms with Crippen LogP contribution in [-0.2, 0) is 13.6 Å². The molecule has 30 heavy (non-hydrogen) atoms. The van der Waals surface area contributed by atoms with E-state index in [9.17, 15) is 9.59 Å². The standard InChI is InChI=1S/C20H24ClN7O2/c1-25(2)12-14-4-7-22-20(24-14)27-8-5-15(6-9-27)28-17-16(10-13(21)11-23-17)26(3)18(29)19(28)30/h4,7,10-11,15H,5-6,8-9,12H2,1-3H3. The second-order valence-corrected chi connectivity index (χ2v) is 8.28. The van der Waals surface area contributed by atoms with Gasteiger partial charge in [0.2, 0.25) is 5.95 Å². The Labute approximate surface area is 178 Å². The highest BCUT2D eigenvalue weighted by Gasteiger charge is 2.26. The Hall–Kier alpha value is -2.78. The third-order valence-electron chi connectivity index (χ3n) is 5.40. The van der Waals surface area contributed by atoms with E-state index in [0.29, 0.717) is 48.1 Å². The lowest BCUT2D eigenvalue weighted by atomic mass is 10.0. The van der Waals surface area contributed by atoms with Crippen LogP contribution in [0.3, 0.4) is 0 Å². The van der Waals surface area contributed by atoms with Crippen molar-refractivity contribution >= 4 is 28.7 Å². The van der Waals surface area contributed by atoms with Gasteiger partial charge >= 0.3 is 11.1 Å². The van der Waals surface area contributed by atoms with Gasteiger partial charge in [-0.25, -0.2) is 15.0 Å². The number of hydrogen-bond acceptors (Lipinski definition) is 7. The Balaban J connectivity index is 1.62. The summed E-state index contributed by atoms with van der Waals surface area (Å²) >= 11 is 6.06. The maximum absolute atomic E-state index is 12.8. The van der Waals surface area contributed by atoms with Crippen LogP contribution in [0, 0.1) is 0 Å². The van der Waals surface area contributed by atoms with E-state index in [-0.39, 0.29) is 6.04 Å². The zero-order chi connectivity index (χ0) is 21.4. The van der Waals surface area contributed by atoms with Gasteiger partial charge in [-0.15, -0.1) is 0 Å². The summed E-state index contributed by atoms with van der Waals surface area (Å²) in [5.41, 5.74) is 0.863. The van der Waals surface area contributed by atoms with E-state index in [2.05, 4.69) is 24.8 Å². The Morgan fingerprint density at radius 1 is 1.17 bits per heavy atom. The summed E-state index contributed by atoms with van der Waals surface area (Å²) in [6.45, 7) is 2.12. The van der Waals surface area contributed by atoms with Crippen LogP contribution < -0.4 is 16.0 Å². The van der Waals surface area contributed by atoms with Crippen molar-refractivity contribution < 1.29 is 0 Å². The van der Waals surface area contributed by atoms with Gasteiger partial charge in [-0.3, -0.25) is 14.2 Å². The molecule has 4 heterocycles. The van der Waals surface area contributed by atoms with E-state index in [1.807, 2.05) is 20.2 Å². The SMILES string of the molecule is CN(C)Cc1ccnc(N2CCC(n3c(=O)c(=O)n(C)c4cc(Cl)cnc43)CC2)n1. The lowest BCUT2D eigenvalue weighted by Crippen LogP contribution is -2.45. The number of aromatic nitrogens is 5. The average molecular weight is 430 g/mol. The van der Waals surface area contributed by atoms with Crippen molar-refractivity contribution in [3.05, 3.63) is 56.0 Å². The summed E-state index contributed by atoms with van der Waals surface area (Å²) in [6.07, 6.45) is 4.66. The number of halogens is 1. The number of fused-ring (bicyclic) bond motifs is 1. The zero-order valence-corrected chi connectivity index (χ0v) is 18.0. The van der Waals surface area contributed by atoms with Gasteiger partial charge in [-0.2, -0.15) is 0 Å². The monoisotopic (exact) mass is 429 g/mol. The molecule has 0 spiro atoms. The van der Waals surface area contributed by atoms with Crippen LogP contribution in [0.2, 0.25) is 5.02 Å². The van der Waals surface area contributed by atoms with Gasteiger partial charge < -0.3 is 14.4 Å². The van der Waals surface area contributed by atoms with Crippen molar-refractivity contribution in [2.45, 2.75) is 25.4 Å². The molecule has 3 aromatic rings. The molecule has 158 valence electrons. The number of rotatable bonds is 4. The molecule has 0 unspecified atom stereocenters. The fraction of sp³-hybridized carbons (Fsp3) is 0.450. The van der Waals surface area contributed by atoms with Crippen molar-refractivity contribution in [3.8, 4) is 0 Å². The summed E-state index contributed by atoms with van der Waals surface area (Å²) < 4.78 is 2.85. The van der Waals surface area contributed by atoms with Gasteiger partial charge in [0.25, 0.3) is 0 Å². The van der Waals surface area contributed by atoms with E-state index < -0.39 is 11.1 Å². The first-order chi connectivity index (χ1) is 14.3. The van der Waals surface area contributed by atoms with Gasteiger partial charge in [0.05, 0.1) is 16.2 Å². The summed E-state index contributed by atoms with van der Waals surface area (Å²) in [7, 11) is 5.57. The number of aryl methyl sites for hydroxylation is 1. The molecule has 0 atom stereocenters. The van der Waals surface area contributed by atoms with Crippen molar-refractivity contribution in [2.24, 2.45) is 7.05 Å². The molecule has 0 bridgehead atoms. The van der Waals surface area contributed by atoms with Gasteiger partial charge in [0, 0.05) is 45.1 Å². The van der Waals surface area contributed by atoms with Gasteiger partial charge in [0.15, 0.2) is 5.65 Å². The molecule has 4 rings (SSSR count). The minimum Gasteiger partial charge on any atom is -0.341 e. The second kappa shape index (κ2) is 8.16. The first kappa shape index (κ1) is 20.5. The molecule has 0 saturated carbocycles. The number of anilines is 1. The molecule has 9 nitrogen and oxygen atoms in total. The third kappa shape index (κ3) is 3.82. The molecule has 3 aromatic heterocycles. The Morgan fingerprint density at radius 2 is 1.90 bits per heavy atom. The quantitative estimate of drug-likeness (QED) is 0.580. The van der Waals surface area contributed by atoms with Crippen LogP contribution in [0.25, 0.3) is 11.2 Å². The number of nitrogens with zero attached hydrogens (tertiary/aromatic N) is 7. The van der Waals surface area contributed by atoms with Crippen LogP contribution in [0.4, 0.5) is 5.95 Å². The molecule has 1 aliphatic rings. The summed E-state index contributed by atoms with van der Waals surface area (Å²) in [5, 5.41) is 0.423. The van der Waals surface area contributed by atoms with Gasteiger partial charge in [0.1, 0.15) is 0 Å². The fourth-order valence-corrected chi connectivity index (χ4v) is 4.07. The summed E-state index contributed by atoms with van der Waals surface area (Å²) in [4.78, 5) is 42.9. The molecule has 1 aliphatic heterocycles. The molecule has 10 heteroatoms. The minimum absolute atomic E-state index is 0.121. The number of pyridine rings is 1. The fourth-order valence-electron chi connectivity index (χ4n) is 3.92. The first-order valence-corrected chi connectivity index (χ1v) is 10.2. The van der Waals surface area contributed by atoms with Crippen molar-refractivity contribution in [1.29, 1.82) is 0 Å². The smallest absolute Gasteiger partial charge is 0.318 e.